The van der Waals surface area contributed by atoms with Crippen molar-refractivity contribution in [3.05, 3.63) is 78.4 Å². The number of aliphatic hydroxyl groups is 2. The van der Waals surface area contributed by atoms with Gasteiger partial charge in [0, 0.05) is 22.9 Å². The number of anilines is 1. The van der Waals surface area contributed by atoms with Gasteiger partial charge in [0.1, 0.15) is 38.2 Å². The summed E-state index contributed by atoms with van der Waals surface area (Å²) in [6.07, 6.45) is -3.34. The average molecular weight is 1070 g/mol. The van der Waals surface area contributed by atoms with E-state index in [1.54, 1.807) is 0 Å². The molecule has 9 N–H and O–H groups in total. The lowest BCUT2D eigenvalue weighted by Gasteiger charge is -2.16. The molecule has 3 atom stereocenters. The molecule has 71 heavy (non-hydrogen) atoms. The fraction of sp³-hybridized carbons (Fsp3) is 0.135. The molecule has 5 aromatic rings. The molecule has 1 amide bonds. The number of aromatic carboxylic acids is 1. The number of fused-ring (bicyclic) bond motifs is 1. The number of hydrogen-bond acceptors (Lipinski definition) is 23. The smallest absolute Gasteiger partial charge is 0.355 e. The normalized spacial score (nSPS) is 15.7. The molecular weight excluding hydrogens is 1040 g/mol. The molecule has 374 valence electrons. The molecule has 34 heteroatoms. The number of aliphatic hydroxyl groups excluding tert-OH is 2. The van der Waals surface area contributed by atoms with Crippen LogP contribution in [0.25, 0.3) is 10.8 Å². The van der Waals surface area contributed by atoms with Crippen LogP contribution in [0.1, 0.15) is 24.2 Å². The summed E-state index contributed by atoms with van der Waals surface area (Å²) in [6, 6.07) is 7.53. The zero-order valence-corrected chi connectivity index (χ0v) is 38.5. The number of nitrogens with zero attached hydrogens (tertiary/aromatic N) is 8. The Kier molecular flexibility index (Phi) is 14.5. The molecule has 0 bridgehead atoms. The fourth-order valence-corrected chi connectivity index (χ4v) is 8.65. The van der Waals surface area contributed by atoms with E-state index in [-0.39, 0.29) is 5.69 Å². The summed E-state index contributed by atoms with van der Waals surface area (Å²) < 4.78 is 148. The van der Waals surface area contributed by atoms with Crippen molar-refractivity contribution < 1.29 is 101 Å². The minimum atomic E-state index is -5.60. The molecule has 0 saturated heterocycles. The van der Waals surface area contributed by atoms with Crippen LogP contribution in [0.5, 0.6) is 17.2 Å². The van der Waals surface area contributed by atoms with Crippen LogP contribution in [0.2, 0.25) is 0 Å². The highest BCUT2D eigenvalue weighted by atomic mass is 32.2. The van der Waals surface area contributed by atoms with Gasteiger partial charge >= 0.3 is 11.9 Å². The largest absolute Gasteiger partial charge is 0.505 e. The van der Waals surface area contributed by atoms with Crippen LogP contribution in [0.4, 0.5) is 34.1 Å². The van der Waals surface area contributed by atoms with Crippen LogP contribution in [-0.4, -0.2) is 120 Å². The minimum Gasteiger partial charge on any atom is -0.505 e. The summed E-state index contributed by atoms with van der Waals surface area (Å²) in [4.78, 5) is 33.2. The monoisotopic (exact) mass is 1070 g/mol. The third-order valence-electron chi connectivity index (χ3n) is 9.14. The van der Waals surface area contributed by atoms with E-state index in [4.69, 9.17) is 9.47 Å². The molecule has 3 unspecified atom stereocenters. The van der Waals surface area contributed by atoms with Gasteiger partial charge in [-0.25, -0.2) is 9.59 Å². The number of hydrogen-bond donors (Lipinski definition) is 9. The first-order chi connectivity index (χ1) is 32.9. The summed E-state index contributed by atoms with van der Waals surface area (Å²) >= 11 is 0. The zero-order chi connectivity index (χ0) is 52.7. The molecule has 0 aromatic heterocycles. The maximum atomic E-state index is 13.3. The summed E-state index contributed by atoms with van der Waals surface area (Å²) in [5.41, 5.74) is -5.46. The second kappa shape index (κ2) is 19.5. The molecule has 0 saturated carbocycles. The van der Waals surface area contributed by atoms with Gasteiger partial charge in [0.15, 0.2) is 35.5 Å². The maximum Gasteiger partial charge on any atom is 0.355 e. The van der Waals surface area contributed by atoms with Crippen molar-refractivity contribution >= 4 is 109 Å². The number of aliphatic carboxylic acids is 1. The van der Waals surface area contributed by atoms with E-state index in [9.17, 15) is 91.8 Å². The number of hydrazone groups is 1. The quantitative estimate of drug-likeness (QED) is 0.0353. The number of amides is 1. The Labute approximate surface area is 397 Å². The van der Waals surface area contributed by atoms with E-state index >= 15 is 0 Å². The van der Waals surface area contributed by atoms with Crippen molar-refractivity contribution in [3.63, 3.8) is 0 Å². The highest BCUT2D eigenvalue weighted by molar-refractivity contribution is 7.87. The van der Waals surface area contributed by atoms with E-state index in [0.717, 1.165) is 74.5 Å². The number of rotatable bonds is 17. The zero-order valence-electron chi connectivity index (χ0n) is 35.2. The van der Waals surface area contributed by atoms with Crippen LogP contribution in [-0.2, 0) is 50.1 Å². The highest BCUT2D eigenvalue weighted by Crippen LogP contribution is 2.47. The third-order valence-corrected chi connectivity index (χ3v) is 12.7. The maximum absolute atomic E-state index is 13.3. The Balaban J connectivity index is 1.46. The van der Waals surface area contributed by atoms with E-state index < -0.39 is 164 Å². The number of azo groups is 3. The number of carboxylic acid groups (broad SMARTS) is 2. The van der Waals surface area contributed by atoms with Gasteiger partial charge in [0.25, 0.3) is 46.4 Å². The molecular formula is C37H30N8O22S4. The first kappa shape index (κ1) is 52.6. The predicted octanol–water partition coefficient (Wildman–Crippen LogP) is 4.44. The van der Waals surface area contributed by atoms with Crippen LogP contribution >= 0.6 is 0 Å². The molecule has 1 aliphatic rings. The molecule has 0 spiro atoms. The van der Waals surface area contributed by atoms with Gasteiger partial charge in [-0.1, -0.05) is 0 Å². The Hall–Kier alpha value is -7.80. The number of carboxylic acids is 2. The van der Waals surface area contributed by atoms with Gasteiger partial charge in [-0.2, -0.15) is 54.0 Å². The van der Waals surface area contributed by atoms with Crippen LogP contribution < -0.4 is 14.5 Å². The van der Waals surface area contributed by atoms with Crippen LogP contribution in [0, 0.1) is 0 Å². The number of phenols is 1. The second-order valence-corrected chi connectivity index (χ2v) is 19.7. The number of phenolic OH excluding ortho intramolecular Hbond substituents is 1. The van der Waals surface area contributed by atoms with E-state index in [2.05, 4.69) is 35.8 Å². The lowest BCUT2D eigenvalue weighted by Crippen LogP contribution is -2.33. The minimum absolute atomic E-state index is 0.229. The summed E-state index contributed by atoms with van der Waals surface area (Å²) in [5, 5.41) is 76.0. The molecule has 30 nitrogen and oxygen atoms in total. The first-order valence-corrected chi connectivity index (χ1v) is 24.6. The summed E-state index contributed by atoms with van der Waals surface area (Å²) in [5.74, 6) is -7.02. The van der Waals surface area contributed by atoms with E-state index in [1.165, 1.54) is 0 Å². The van der Waals surface area contributed by atoms with Crippen LogP contribution in [0.15, 0.2) is 128 Å². The first-order valence-electron chi connectivity index (χ1n) is 18.8. The summed E-state index contributed by atoms with van der Waals surface area (Å²) in [7, 11) is -20.7. The van der Waals surface area contributed by atoms with Crippen molar-refractivity contribution in [2.45, 2.75) is 52.1 Å². The van der Waals surface area contributed by atoms with Gasteiger partial charge in [-0.05, 0) is 74.5 Å². The van der Waals surface area contributed by atoms with Crippen molar-refractivity contribution in [3.8, 4) is 17.2 Å². The Bertz CT molecular complexity index is 3660. The third kappa shape index (κ3) is 11.6. The summed E-state index contributed by atoms with van der Waals surface area (Å²) in [6.45, 7) is 2.21. The molecule has 0 fully saturated rings. The second-order valence-electron chi connectivity index (χ2n) is 14.1. The highest BCUT2D eigenvalue weighted by Gasteiger charge is 2.41. The van der Waals surface area contributed by atoms with Gasteiger partial charge in [-0.3, -0.25) is 23.0 Å². The Morgan fingerprint density at radius 2 is 1.14 bits per heavy atom. The number of carbonyl (C=O) groups is 3. The van der Waals surface area contributed by atoms with E-state index in [1.807, 2.05) is 0 Å². The van der Waals surface area contributed by atoms with Crippen molar-refractivity contribution in [1.82, 2.24) is 0 Å². The van der Waals surface area contributed by atoms with Crippen molar-refractivity contribution in [2.75, 3.05) is 5.01 Å². The number of benzene rings is 5. The van der Waals surface area contributed by atoms with Gasteiger partial charge in [0.2, 0.25) is 6.04 Å². The lowest BCUT2D eigenvalue weighted by molar-refractivity contribution is -0.130. The van der Waals surface area contributed by atoms with Gasteiger partial charge < -0.3 is 35.0 Å². The Morgan fingerprint density at radius 1 is 0.620 bits per heavy atom. The SMILES string of the molecule is CC(O)Oc1cc(/N=N/c2c(S(=O)(=O)O)cc3c(S(=O)(=O)O)c(/N=N/C4C(=O)N(c5ccc(S(=O)(=O)O)cc5)N=C4C(=O)O)ccc3c2O)c(OC(C)O)cc1/N=N/c1ccc(S(=O)(=O)O)cc1C(=O)O. The number of aromatic hydroxyl groups is 1. The Morgan fingerprint density at radius 3 is 1.63 bits per heavy atom. The fourth-order valence-electron chi connectivity index (χ4n) is 6.19. The van der Waals surface area contributed by atoms with Gasteiger partial charge in [-0.15, -0.1) is 20.5 Å². The molecule has 0 radical (unpaired) electrons. The van der Waals surface area contributed by atoms with Crippen molar-refractivity contribution in [2.24, 2.45) is 35.8 Å². The van der Waals surface area contributed by atoms with Gasteiger partial charge in [0.05, 0.1) is 21.0 Å². The average Bonchev–Trinajstić information content (AvgIpc) is 3.59. The van der Waals surface area contributed by atoms with Crippen LogP contribution in [0.3, 0.4) is 0 Å². The lowest BCUT2D eigenvalue weighted by atomic mass is 10.1. The number of ether oxygens (including phenoxy) is 2. The molecule has 6 rings (SSSR count). The molecule has 1 heterocycles. The number of carbonyl (C=O) groups excluding carboxylic acids is 1. The molecule has 1 aliphatic heterocycles. The van der Waals surface area contributed by atoms with Crippen molar-refractivity contribution in [1.29, 1.82) is 0 Å². The van der Waals surface area contributed by atoms with E-state index in [0.29, 0.717) is 17.1 Å². The molecule has 5 aromatic carbocycles. The topological polar surface area (TPSA) is 478 Å². The predicted molar refractivity (Wildman–Crippen MR) is 235 cm³/mol. The standard InChI is InChI=1S/C37H30N8O22S4/c1-15(46)66-27-14-26(28(67-16(2)47)13-25(27)40-38-23-9-7-19(69(57,58)59)11-22(23)36(50)51)41-42-30-29(70(60,61)62)12-21-20(33(30)48)8-10-24(34(21)71(63,64)65)39-43-31-32(37(52)53)44-45(35(31)49)17-3-5-18(6-4-17)68(54,55)56/h3-16,31,46-48H,1-2H3,(H,50,51)(H,52,53)(H,54,55,56)(H,57,58,59)(H,60,61,62)(H,63,64,65)/b40-38+,42-41+,43-39+. The molecule has 0 aliphatic carbocycles.